The van der Waals surface area contributed by atoms with E-state index in [0.717, 1.165) is 12.0 Å². The van der Waals surface area contributed by atoms with Crippen molar-refractivity contribution in [3.8, 4) is 11.5 Å². The molecule has 0 saturated carbocycles. The van der Waals surface area contributed by atoms with Crippen LogP contribution in [0, 0.1) is 0 Å². The Morgan fingerprint density at radius 2 is 1.78 bits per heavy atom. The van der Waals surface area contributed by atoms with Crippen molar-refractivity contribution >= 4 is 33.2 Å². The lowest BCUT2D eigenvalue weighted by molar-refractivity contribution is 0.0926. The Morgan fingerprint density at radius 1 is 1.15 bits per heavy atom. The van der Waals surface area contributed by atoms with Crippen molar-refractivity contribution in [3.05, 3.63) is 53.1 Å². The van der Waals surface area contributed by atoms with Gasteiger partial charge in [-0.15, -0.1) is 0 Å². The van der Waals surface area contributed by atoms with Gasteiger partial charge in [-0.2, -0.15) is 0 Å². The maximum Gasteiger partial charge on any atom is 0.251 e. The third kappa shape index (κ3) is 6.65. The van der Waals surface area contributed by atoms with Crippen molar-refractivity contribution in [2.24, 2.45) is 0 Å². The lowest BCUT2D eigenvalue weighted by Gasteiger charge is -2.16. The van der Waals surface area contributed by atoms with E-state index < -0.39 is 10.0 Å². The Bertz CT molecular complexity index is 900. The number of hydrogen-bond acceptors (Lipinski definition) is 5. The number of sulfonamides is 1. The summed E-state index contributed by atoms with van der Waals surface area (Å²) < 4.78 is 35.5. The summed E-state index contributed by atoms with van der Waals surface area (Å²) in [5.41, 5.74) is 0.530. The fourth-order valence-corrected chi connectivity index (χ4v) is 3.04. The highest BCUT2D eigenvalue weighted by Crippen LogP contribution is 2.24. The summed E-state index contributed by atoms with van der Waals surface area (Å²) >= 11 is 6.04. The molecule has 27 heavy (non-hydrogen) atoms. The zero-order chi connectivity index (χ0) is 20.0. The molecule has 2 aromatic rings. The fraction of sp³-hybridized carbons (Fsp3) is 0.278. The quantitative estimate of drug-likeness (QED) is 0.695. The van der Waals surface area contributed by atoms with Crippen LogP contribution in [-0.4, -0.2) is 40.3 Å². The van der Waals surface area contributed by atoms with Crippen LogP contribution in [-0.2, 0) is 10.0 Å². The van der Waals surface area contributed by atoms with Crippen molar-refractivity contribution < 1.29 is 22.7 Å². The van der Waals surface area contributed by atoms with E-state index in [1.165, 1.54) is 18.2 Å². The van der Waals surface area contributed by atoms with Crippen LogP contribution in [0.3, 0.4) is 0 Å². The minimum atomic E-state index is -3.45. The standard InChI is InChI=1S/C18H21ClN2O5S/c1-12(11-26-15-7-5-14(25-2)6-8-15)20-18(22)13-4-9-17(16(19)10-13)21-27(3,23)24/h4-10,12,21H,11H2,1-3H3,(H,20,22). The molecule has 0 saturated heterocycles. The molecule has 0 heterocycles. The van der Waals surface area contributed by atoms with E-state index >= 15 is 0 Å². The molecule has 1 atom stereocenters. The minimum Gasteiger partial charge on any atom is -0.497 e. The van der Waals surface area contributed by atoms with Gasteiger partial charge in [0.15, 0.2) is 0 Å². The third-order valence-electron chi connectivity index (χ3n) is 3.46. The zero-order valence-corrected chi connectivity index (χ0v) is 16.7. The summed E-state index contributed by atoms with van der Waals surface area (Å²) in [5, 5.41) is 2.93. The van der Waals surface area contributed by atoms with E-state index in [4.69, 9.17) is 21.1 Å². The van der Waals surface area contributed by atoms with Crippen LogP contribution in [0.4, 0.5) is 5.69 Å². The average Bonchev–Trinajstić information content (AvgIpc) is 2.61. The van der Waals surface area contributed by atoms with Crippen molar-refractivity contribution in [3.63, 3.8) is 0 Å². The molecular weight excluding hydrogens is 392 g/mol. The lowest BCUT2D eigenvalue weighted by Crippen LogP contribution is -2.36. The molecule has 0 radical (unpaired) electrons. The Labute approximate surface area is 163 Å². The van der Waals surface area contributed by atoms with Crippen LogP contribution < -0.4 is 19.5 Å². The predicted octanol–water partition coefficient (Wildman–Crippen LogP) is 2.92. The molecular formula is C18H21ClN2O5S. The first-order valence-corrected chi connectivity index (χ1v) is 10.3. The van der Waals surface area contributed by atoms with Crippen LogP contribution in [0.5, 0.6) is 11.5 Å². The normalized spacial score (nSPS) is 12.1. The monoisotopic (exact) mass is 412 g/mol. The van der Waals surface area contributed by atoms with E-state index in [1.807, 2.05) is 6.92 Å². The molecule has 9 heteroatoms. The molecule has 7 nitrogen and oxygen atoms in total. The summed E-state index contributed by atoms with van der Waals surface area (Å²) in [5.74, 6) is 1.05. The number of carbonyl (C=O) groups is 1. The molecule has 1 unspecified atom stereocenters. The second-order valence-electron chi connectivity index (χ2n) is 5.93. The SMILES string of the molecule is COc1ccc(OCC(C)NC(=O)c2ccc(NS(C)(=O)=O)c(Cl)c2)cc1. The van der Waals surface area contributed by atoms with Crippen molar-refractivity contribution in [1.29, 1.82) is 0 Å². The van der Waals surface area contributed by atoms with E-state index in [-0.39, 0.29) is 29.3 Å². The number of methoxy groups -OCH3 is 1. The number of hydrogen-bond donors (Lipinski definition) is 2. The Morgan fingerprint density at radius 3 is 2.33 bits per heavy atom. The second kappa shape index (κ2) is 8.96. The Hall–Kier alpha value is -2.45. The van der Waals surface area contributed by atoms with Crippen LogP contribution in [0.15, 0.2) is 42.5 Å². The van der Waals surface area contributed by atoms with Crippen molar-refractivity contribution in [1.82, 2.24) is 5.32 Å². The molecule has 2 aromatic carbocycles. The van der Waals surface area contributed by atoms with Gasteiger partial charge in [-0.3, -0.25) is 9.52 Å². The van der Waals surface area contributed by atoms with Gasteiger partial charge in [0.2, 0.25) is 10.0 Å². The molecule has 146 valence electrons. The first kappa shape index (κ1) is 20.9. The maximum atomic E-state index is 12.3. The first-order valence-electron chi connectivity index (χ1n) is 8.03. The summed E-state index contributed by atoms with van der Waals surface area (Å²) in [6.45, 7) is 2.09. The largest absolute Gasteiger partial charge is 0.497 e. The van der Waals surface area contributed by atoms with Gasteiger partial charge in [0.1, 0.15) is 18.1 Å². The molecule has 0 bridgehead atoms. The van der Waals surface area contributed by atoms with Gasteiger partial charge < -0.3 is 14.8 Å². The summed E-state index contributed by atoms with van der Waals surface area (Å²) in [7, 11) is -1.86. The van der Waals surface area contributed by atoms with Gasteiger partial charge in [-0.1, -0.05) is 11.6 Å². The molecule has 0 aliphatic carbocycles. The number of halogens is 1. The van der Waals surface area contributed by atoms with Crippen LogP contribution >= 0.6 is 11.6 Å². The smallest absolute Gasteiger partial charge is 0.251 e. The Kier molecular flexibility index (Phi) is 6.92. The Balaban J connectivity index is 1.92. The first-order chi connectivity index (χ1) is 12.7. The van der Waals surface area contributed by atoms with E-state index in [9.17, 15) is 13.2 Å². The minimum absolute atomic E-state index is 0.134. The number of amides is 1. The molecule has 0 aliphatic rings. The lowest BCUT2D eigenvalue weighted by atomic mass is 10.2. The van der Waals surface area contributed by atoms with Crippen LogP contribution in [0.2, 0.25) is 5.02 Å². The zero-order valence-electron chi connectivity index (χ0n) is 15.2. The second-order valence-corrected chi connectivity index (χ2v) is 8.09. The summed E-state index contributed by atoms with van der Waals surface area (Å²) in [4.78, 5) is 12.3. The highest BCUT2D eigenvalue weighted by Gasteiger charge is 2.13. The van der Waals surface area contributed by atoms with Crippen LogP contribution in [0.25, 0.3) is 0 Å². The molecule has 2 N–H and O–H groups in total. The topological polar surface area (TPSA) is 93.7 Å². The van der Waals surface area contributed by atoms with Crippen LogP contribution in [0.1, 0.15) is 17.3 Å². The van der Waals surface area contributed by atoms with Gasteiger partial charge in [0, 0.05) is 5.56 Å². The van der Waals surface area contributed by atoms with Gasteiger partial charge in [-0.25, -0.2) is 8.42 Å². The fourth-order valence-electron chi connectivity index (χ4n) is 2.18. The number of nitrogens with one attached hydrogen (secondary N) is 2. The highest BCUT2D eigenvalue weighted by molar-refractivity contribution is 7.92. The van der Waals surface area contributed by atoms with E-state index in [2.05, 4.69) is 10.0 Å². The summed E-state index contributed by atoms with van der Waals surface area (Å²) in [6.07, 6.45) is 1.02. The molecule has 0 spiro atoms. The van der Waals surface area contributed by atoms with E-state index in [0.29, 0.717) is 11.3 Å². The van der Waals surface area contributed by atoms with Gasteiger partial charge >= 0.3 is 0 Å². The average molecular weight is 413 g/mol. The molecule has 0 aromatic heterocycles. The third-order valence-corrected chi connectivity index (χ3v) is 4.37. The van der Waals surface area contributed by atoms with Gasteiger partial charge in [0.25, 0.3) is 5.91 Å². The number of carbonyl (C=O) groups excluding carboxylic acids is 1. The molecule has 0 aliphatic heterocycles. The van der Waals surface area contributed by atoms with Crippen molar-refractivity contribution in [2.45, 2.75) is 13.0 Å². The van der Waals surface area contributed by atoms with E-state index in [1.54, 1.807) is 31.4 Å². The molecule has 0 fully saturated rings. The predicted molar refractivity (Wildman–Crippen MR) is 105 cm³/mol. The number of ether oxygens (including phenoxy) is 2. The highest BCUT2D eigenvalue weighted by atomic mass is 35.5. The van der Waals surface area contributed by atoms with Crippen molar-refractivity contribution in [2.75, 3.05) is 24.7 Å². The number of rotatable bonds is 8. The molecule has 1 amide bonds. The van der Waals surface area contributed by atoms with Gasteiger partial charge in [0.05, 0.1) is 30.1 Å². The molecule has 2 rings (SSSR count). The number of anilines is 1. The van der Waals surface area contributed by atoms with Gasteiger partial charge in [-0.05, 0) is 49.4 Å². The maximum absolute atomic E-state index is 12.3. The summed E-state index contributed by atoms with van der Waals surface area (Å²) in [6, 6.07) is 11.2. The number of benzene rings is 2.